The molecule has 0 atom stereocenters. The highest BCUT2D eigenvalue weighted by atomic mass is 79.9. The lowest BCUT2D eigenvalue weighted by Crippen LogP contribution is -2.09. The summed E-state index contributed by atoms with van der Waals surface area (Å²) >= 11 is 3.40. The summed E-state index contributed by atoms with van der Waals surface area (Å²) in [7, 11) is 1.51. The highest BCUT2D eigenvalue weighted by Gasteiger charge is 2.18. The van der Waals surface area contributed by atoms with Gasteiger partial charge in [0.1, 0.15) is 0 Å². The second-order valence-electron chi connectivity index (χ2n) is 6.98. The highest BCUT2D eigenvalue weighted by Crippen LogP contribution is 2.29. The summed E-state index contributed by atoms with van der Waals surface area (Å²) in [5.41, 5.74) is 3.57. The van der Waals surface area contributed by atoms with Gasteiger partial charge in [0.2, 0.25) is 0 Å². The van der Waals surface area contributed by atoms with Crippen molar-refractivity contribution in [3.05, 3.63) is 94.1 Å². The molecule has 3 aromatic carbocycles. The Hall–Kier alpha value is -3.71. The SMILES string of the molecule is COc1ccc(C=Nc2ccc(Br)cc2)cc1OC(=O)c1cc(-c2ccc(C)cc2)on1. The fourth-order valence-corrected chi connectivity index (χ4v) is 3.17. The molecule has 0 bridgehead atoms. The molecule has 0 spiro atoms. The Balaban J connectivity index is 1.52. The van der Waals surface area contributed by atoms with Crippen LogP contribution in [0.1, 0.15) is 21.6 Å². The number of carbonyl (C=O) groups excluding carboxylic acids is 1. The Bertz CT molecular complexity index is 1260. The van der Waals surface area contributed by atoms with Crippen molar-refractivity contribution in [2.24, 2.45) is 4.99 Å². The zero-order valence-electron chi connectivity index (χ0n) is 17.4. The maximum atomic E-state index is 12.7. The fraction of sp³-hybridized carbons (Fsp3) is 0.0800. The van der Waals surface area contributed by atoms with Gasteiger partial charge in [-0.1, -0.05) is 50.9 Å². The van der Waals surface area contributed by atoms with Crippen LogP contribution in [0.25, 0.3) is 11.3 Å². The monoisotopic (exact) mass is 490 g/mol. The number of rotatable bonds is 6. The lowest BCUT2D eigenvalue weighted by molar-refractivity contribution is 0.0719. The molecule has 0 radical (unpaired) electrons. The lowest BCUT2D eigenvalue weighted by atomic mass is 10.1. The predicted octanol–water partition coefficient (Wildman–Crippen LogP) is 6.39. The van der Waals surface area contributed by atoms with Crippen molar-refractivity contribution < 1.29 is 18.8 Å². The van der Waals surface area contributed by atoms with Gasteiger partial charge in [-0.2, -0.15) is 0 Å². The van der Waals surface area contributed by atoms with E-state index in [4.69, 9.17) is 14.0 Å². The van der Waals surface area contributed by atoms with Gasteiger partial charge in [-0.15, -0.1) is 0 Å². The number of halogens is 1. The molecule has 0 aliphatic carbocycles. The van der Waals surface area contributed by atoms with Gasteiger partial charge in [0.25, 0.3) is 0 Å². The van der Waals surface area contributed by atoms with Gasteiger partial charge in [-0.05, 0) is 55.0 Å². The summed E-state index contributed by atoms with van der Waals surface area (Å²) in [6, 6.07) is 22.1. The third-order valence-electron chi connectivity index (χ3n) is 4.64. The maximum absolute atomic E-state index is 12.7. The first kappa shape index (κ1) is 21.5. The summed E-state index contributed by atoms with van der Waals surface area (Å²) in [5, 5.41) is 3.85. The van der Waals surface area contributed by atoms with Crippen molar-refractivity contribution in [1.82, 2.24) is 5.16 Å². The molecule has 7 heteroatoms. The first-order valence-electron chi connectivity index (χ1n) is 9.75. The molecule has 0 fully saturated rings. The van der Waals surface area contributed by atoms with E-state index in [1.54, 1.807) is 24.4 Å². The minimum atomic E-state index is -0.646. The molecule has 4 rings (SSSR count). The van der Waals surface area contributed by atoms with E-state index in [1.807, 2.05) is 61.5 Å². The quantitative estimate of drug-likeness (QED) is 0.178. The van der Waals surface area contributed by atoms with Crippen LogP contribution in [0.2, 0.25) is 0 Å². The van der Waals surface area contributed by atoms with E-state index in [1.165, 1.54) is 7.11 Å². The second-order valence-corrected chi connectivity index (χ2v) is 7.89. The molecule has 1 aromatic heterocycles. The number of hydrogen-bond acceptors (Lipinski definition) is 6. The van der Waals surface area contributed by atoms with Crippen LogP contribution < -0.4 is 9.47 Å². The van der Waals surface area contributed by atoms with Crippen LogP contribution in [0.15, 0.2) is 86.8 Å². The number of esters is 1. The van der Waals surface area contributed by atoms with Crippen LogP contribution in [0, 0.1) is 6.92 Å². The average Bonchev–Trinajstić information content (AvgIpc) is 3.30. The first-order chi connectivity index (χ1) is 15.5. The van der Waals surface area contributed by atoms with Gasteiger partial charge in [-0.25, -0.2) is 4.79 Å². The smallest absolute Gasteiger partial charge is 0.366 e. The molecule has 160 valence electrons. The van der Waals surface area contributed by atoms with E-state index in [-0.39, 0.29) is 11.4 Å². The Morgan fingerprint density at radius 1 is 1.00 bits per heavy atom. The number of aliphatic imine (C=N–C) groups is 1. The number of benzene rings is 3. The minimum absolute atomic E-state index is 0.0663. The molecule has 1 heterocycles. The van der Waals surface area contributed by atoms with Crippen LogP contribution in [0.5, 0.6) is 11.5 Å². The van der Waals surface area contributed by atoms with Crippen LogP contribution in [-0.2, 0) is 0 Å². The van der Waals surface area contributed by atoms with Crippen molar-refractivity contribution in [1.29, 1.82) is 0 Å². The molecule has 0 amide bonds. The van der Waals surface area contributed by atoms with Gasteiger partial charge in [0.05, 0.1) is 12.8 Å². The van der Waals surface area contributed by atoms with Crippen molar-refractivity contribution in [2.45, 2.75) is 6.92 Å². The van der Waals surface area contributed by atoms with Crippen LogP contribution in [0.3, 0.4) is 0 Å². The summed E-state index contributed by atoms with van der Waals surface area (Å²) in [6.45, 7) is 2.00. The van der Waals surface area contributed by atoms with Crippen LogP contribution >= 0.6 is 15.9 Å². The molecular formula is C25H19BrN2O4. The number of nitrogens with zero attached hydrogens (tertiary/aromatic N) is 2. The van der Waals surface area contributed by atoms with Gasteiger partial charge < -0.3 is 14.0 Å². The third kappa shape index (κ3) is 5.12. The van der Waals surface area contributed by atoms with E-state index in [9.17, 15) is 4.79 Å². The van der Waals surface area contributed by atoms with Crippen molar-refractivity contribution in [3.8, 4) is 22.8 Å². The number of ether oxygens (including phenoxy) is 2. The normalized spacial score (nSPS) is 11.0. The first-order valence-corrected chi connectivity index (χ1v) is 10.5. The molecule has 0 N–H and O–H groups in total. The Morgan fingerprint density at radius 2 is 1.75 bits per heavy atom. The summed E-state index contributed by atoms with van der Waals surface area (Å²) in [5.74, 6) is 0.519. The average molecular weight is 491 g/mol. The summed E-state index contributed by atoms with van der Waals surface area (Å²) < 4.78 is 17.2. The zero-order valence-corrected chi connectivity index (χ0v) is 19.0. The van der Waals surface area contributed by atoms with Crippen molar-refractivity contribution in [2.75, 3.05) is 7.11 Å². The molecule has 32 heavy (non-hydrogen) atoms. The van der Waals surface area contributed by atoms with Gasteiger partial charge in [0.15, 0.2) is 23.0 Å². The van der Waals surface area contributed by atoms with Gasteiger partial charge in [0, 0.05) is 22.3 Å². The Morgan fingerprint density at radius 3 is 2.47 bits per heavy atom. The molecular weight excluding hydrogens is 472 g/mol. The van der Waals surface area contributed by atoms with E-state index < -0.39 is 5.97 Å². The molecule has 0 saturated carbocycles. The maximum Gasteiger partial charge on any atom is 0.366 e. The molecule has 0 aliphatic heterocycles. The molecule has 0 saturated heterocycles. The molecule has 0 unspecified atom stereocenters. The van der Waals surface area contributed by atoms with E-state index >= 15 is 0 Å². The van der Waals surface area contributed by atoms with Gasteiger partial charge in [-0.3, -0.25) is 4.99 Å². The van der Waals surface area contributed by atoms with Gasteiger partial charge >= 0.3 is 5.97 Å². The zero-order chi connectivity index (χ0) is 22.5. The summed E-state index contributed by atoms with van der Waals surface area (Å²) in [4.78, 5) is 17.1. The lowest BCUT2D eigenvalue weighted by Gasteiger charge is -2.08. The number of carbonyl (C=O) groups is 1. The second kappa shape index (κ2) is 9.62. The molecule has 6 nitrogen and oxygen atoms in total. The number of hydrogen-bond donors (Lipinski definition) is 0. The third-order valence-corrected chi connectivity index (χ3v) is 5.16. The Labute approximate surface area is 193 Å². The largest absolute Gasteiger partial charge is 0.493 e. The number of methoxy groups -OCH3 is 1. The van der Waals surface area contributed by atoms with Crippen LogP contribution in [-0.4, -0.2) is 24.5 Å². The van der Waals surface area contributed by atoms with Crippen molar-refractivity contribution in [3.63, 3.8) is 0 Å². The van der Waals surface area contributed by atoms with E-state index in [2.05, 4.69) is 26.1 Å². The highest BCUT2D eigenvalue weighted by molar-refractivity contribution is 9.10. The van der Waals surface area contributed by atoms with Crippen molar-refractivity contribution >= 4 is 33.8 Å². The predicted molar refractivity (Wildman–Crippen MR) is 126 cm³/mol. The minimum Gasteiger partial charge on any atom is -0.493 e. The topological polar surface area (TPSA) is 73.9 Å². The standard InChI is InChI=1S/C25H19BrN2O4/c1-16-3-6-18(7-4-16)23-14-21(28-32-23)25(29)31-24-13-17(5-12-22(24)30-2)15-27-20-10-8-19(26)9-11-20/h3-15H,1-2H3. The fourth-order valence-electron chi connectivity index (χ4n) is 2.91. The summed E-state index contributed by atoms with van der Waals surface area (Å²) in [6.07, 6.45) is 1.69. The van der Waals surface area contributed by atoms with E-state index in [0.717, 1.165) is 26.9 Å². The Kier molecular flexibility index (Phi) is 6.47. The van der Waals surface area contributed by atoms with E-state index in [0.29, 0.717) is 11.5 Å². The van der Waals surface area contributed by atoms with Crippen LogP contribution in [0.4, 0.5) is 5.69 Å². The number of aryl methyl sites for hydroxylation is 1. The molecule has 0 aliphatic rings. The number of aromatic nitrogens is 1. The molecule has 4 aromatic rings.